The number of hydrogen-bond donors (Lipinski definition) is 0. The van der Waals surface area contributed by atoms with Crippen LogP contribution in [0.5, 0.6) is 0 Å². The molecule has 0 bridgehead atoms. The van der Waals surface area contributed by atoms with Crippen LogP contribution in [0.3, 0.4) is 0 Å². The van der Waals surface area contributed by atoms with Crippen LogP contribution >= 0.6 is 0 Å². The summed E-state index contributed by atoms with van der Waals surface area (Å²) in [5, 5.41) is 0. The zero-order valence-electron chi connectivity index (χ0n) is 6.41. The maximum atomic E-state index is 3.88. The first-order valence-corrected chi connectivity index (χ1v) is 3.10. The molecular formula is C8H12N2. The van der Waals surface area contributed by atoms with Gasteiger partial charge in [0.05, 0.1) is 0 Å². The van der Waals surface area contributed by atoms with Crippen molar-refractivity contribution in [3.8, 4) is 0 Å². The van der Waals surface area contributed by atoms with Gasteiger partial charge in [0.2, 0.25) is 0 Å². The van der Waals surface area contributed by atoms with Crippen LogP contribution in [0.15, 0.2) is 34.4 Å². The van der Waals surface area contributed by atoms with Crippen LogP contribution in [-0.2, 0) is 0 Å². The molecule has 0 heterocycles. The lowest BCUT2D eigenvalue weighted by molar-refractivity contribution is 1.43. The summed E-state index contributed by atoms with van der Waals surface area (Å²) in [7, 11) is 0. The van der Waals surface area contributed by atoms with E-state index in [0.717, 1.165) is 5.57 Å². The van der Waals surface area contributed by atoms with E-state index in [1.54, 1.807) is 18.5 Å². The molecule has 0 aliphatic rings. The van der Waals surface area contributed by atoms with E-state index in [9.17, 15) is 0 Å². The normalized spacial score (nSPS) is 13.2. The molecule has 0 saturated heterocycles. The molecule has 0 radical (unpaired) electrons. The molecular weight excluding hydrogens is 124 g/mol. The summed E-state index contributed by atoms with van der Waals surface area (Å²) in [4.78, 5) is 7.66. The van der Waals surface area contributed by atoms with Gasteiger partial charge in [0.25, 0.3) is 0 Å². The van der Waals surface area contributed by atoms with Crippen LogP contribution in [0.1, 0.15) is 13.8 Å². The van der Waals surface area contributed by atoms with Crippen LogP contribution in [0.25, 0.3) is 0 Å². The Morgan fingerprint density at radius 2 is 2.10 bits per heavy atom. The molecule has 0 unspecified atom stereocenters. The third-order valence-electron chi connectivity index (χ3n) is 0.883. The van der Waals surface area contributed by atoms with Crippen LogP contribution in [0, 0.1) is 0 Å². The molecule has 0 aromatic rings. The highest BCUT2D eigenvalue weighted by Gasteiger charge is 1.72. The third kappa shape index (κ3) is 4.97. The van der Waals surface area contributed by atoms with Crippen molar-refractivity contribution in [2.45, 2.75) is 13.8 Å². The van der Waals surface area contributed by atoms with E-state index in [1.165, 1.54) is 6.34 Å². The number of allylic oxidation sites excluding steroid dienone is 2. The van der Waals surface area contributed by atoms with Crippen LogP contribution < -0.4 is 0 Å². The van der Waals surface area contributed by atoms with Crippen molar-refractivity contribution in [1.29, 1.82) is 0 Å². The summed E-state index contributed by atoms with van der Waals surface area (Å²) in [6, 6.07) is 0. The minimum atomic E-state index is 1.03. The van der Waals surface area contributed by atoms with Gasteiger partial charge in [-0.3, -0.25) is 0 Å². The molecule has 10 heavy (non-hydrogen) atoms. The summed E-state index contributed by atoms with van der Waals surface area (Å²) < 4.78 is 0. The molecule has 54 valence electrons. The highest BCUT2D eigenvalue weighted by atomic mass is 14.8. The van der Waals surface area contributed by atoms with Crippen molar-refractivity contribution < 1.29 is 0 Å². The van der Waals surface area contributed by atoms with E-state index in [0.29, 0.717) is 0 Å². The van der Waals surface area contributed by atoms with Crippen molar-refractivity contribution in [2.75, 3.05) is 0 Å². The highest BCUT2D eigenvalue weighted by molar-refractivity contribution is 5.70. The van der Waals surface area contributed by atoms with Gasteiger partial charge in [-0.1, -0.05) is 12.7 Å². The van der Waals surface area contributed by atoms with Crippen molar-refractivity contribution >= 4 is 12.6 Å². The molecule has 0 aromatic heterocycles. The zero-order chi connectivity index (χ0) is 7.82. The Morgan fingerprint density at radius 1 is 1.40 bits per heavy atom. The first-order valence-electron chi connectivity index (χ1n) is 3.10. The predicted octanol–water partition coefficient (Wildman–Crippen LogP) is 2.20. The molecule has 0 atom stereocenters. The predicted molar refractivity (Wildman–Crippen MR) is 46.6 cm³/mol. The molecule has 0 amide bonds. The van der Waals surface area contributed by atoms with Gasteiger partial charge in [0.1, 0.15) is 6.34 Å². The fourth-order valence-corrected chi connectivity index (χ4v) is 0.309. The molecule has 0 fully saturated rings. The Morgan fingerprint density at radius 3 is 2.60 bits per heavy atom. The van der Waals surface area contributed by atoms with Gasteiger partial charge < -0.3 is 0 Å². The summed E-state index contributed by atoms with van der Waals surface area (Å²) >= 11 is 0. The Bertz CT molecular complexity index is 176. The third-order valence-corrected chi connectivity index (χ3v) is 0.883. The van der Waals surface area contributed by atoms with Crippen molar-refractivity contribution in [1.82, 2.24) is 0 Å². The average molecular weight is 136 g/mol. The van der Waals surface area contributed by atoms with Crippen LogP contribution in [0.4, 0.5) is 0 Å². The van der Waals surface area contributed by atoms with Gasteiger partial charge >= 0.3 is 0 Å². The van der Waals surface area contributed by atoms with E-state index >= 15 is 0 Å². The van der Waals surface area contributed by atoms with Gasteiger partial charge in [-0.15, -0.1) is 0 Å². The lowest BCUT2D eigenvalue weighted by Gasteiger charge is -1.81. The van der Waals surface area contributed by atoms with E-state index in [4.69, 9.17) is 0 Å². The number of hydrogen-bond acceptors (Lipinski definition) is 1. The minimum absolute atomic E-state index is 1.03. The Balaban J connectivity index is 3.81. The summed E-state index contributed by atoms with van der Waals surface area (Å²) in [5.74, 6) is 0. The Kier molecular flexibility index (Phi) is 5.25. The van der Waals surface area contributed by atoms with Gasteiger partial charge in [-0.05, 0) is 19.4 Å². The summed E-state index contributed by atoms with van der Waals surface area (Å²) in [6.07, 6.45) is 6.63. The molecule has 0 aliphatic carbocycles. The lowest BCUT2D eigenvalue weighted by atomic mass is 10.3. The fraction of sp³-hybridized carbons (Fsp3) is 0.250. The molecule has 0 rings (SSSR count). The second-order valence-corrected chi connectivity index (χ2v) is 1.75. The molecule has 0 aromatic carbocycles. The maximum Gasteiger partial charge on any atom is 0.114 e. The van der Waals surface area contributed by atoms with E-state index in [2.05, 4.69) is 16.6 Å². The first-order chi connectivity index (χ1) is 4.81. The average Bonchev–Trinajstić information content (AvgIpc) is 1.98. The molecule has 0 spiro atoms. The van der Waals surface area contributed by atoms with Crippen LogP contribution in [-0.4, -0.2) is 12.6 Å². The molecule has 0 saturated carbocycles. The van der Waals surface area contributed by atoms with E-state index in [1.807, 2.05) is 13.8 Å². The van der Waals surface area contributed by atoms with Crippen LogP contribution in [0.2, 0.25) is 0 Å². The van der Waals surface area contributed by atoms with E-state index < -0.39 is 0 Å². The summed E-state index contributed by atoms with van der Waals surface area (Å²) in [6.45, 7) is 7.35. The second-order valence-electron chi connectivity index (χ2n) is 1.75. The van der Waals surface area contributed by atoms with Crippen molar-refractivity contribution in [3.63, 3.8) is 0 Å². The van der Waals surface area contributed by atoms with Gasteiger partial charge in [-0.25, -0.2) is 9.98 Å². The lowest BCUT2D eigenvalue weighted by Crippen LogP contribution is -1.66. The quantitative estimate of drug-likeness (QED) is 0.323. The molecule has 0 aliphatic heterocycles. The zero-order valence-corrected chi connectivity index (χ0v) is 6.41. The Labute approximate surface area is 61.7 Å². The number of rotatable bonds is 3. The number of aliphatic imine (C=N–C) groups is 2. The Hall–Kier alpha value is -1.18. The fourth-order valence-electron chi connectivity index (χ4n) is 0.309. The molecule has 0 N–H and O–H groups in total. The SMILES string of the molecule is C=C/C(C)=C\N=CN=CC. The highest BCUT2D eigenvalue weighted by Crippen LogP contribution is 1.90. The van der Waals surface area contributed by atoms with Crippen molar-refractivity contribution in [2.24, 2.45) is 9.98 Å². The molecule has 2 heteroatoms. The largest absolute Gasteiger partial charge is 0.250 e. The monoisotopic (exact) mass is 136 g/mol. The topological polar surface area (TPSA) is 24.7 Å². The van der Waals surface area contributed by atoms with Gasteiger partial charge in [0.15, 0.2) is 0 Å². The number of nitrogens with zero attached hydrogens (tertiary/aromatic N) is 2. The van der Waals surface area contributed by atoms with Gasteiger partial charge in [-0.2, -0.15) is 0 Å². The summed E-state index contributed by atoms with van der Waals surface area (Å²) in [5.41, 5.74) is 1.03. The second kappa shape index (κ2) is 5.95. The smallest absolute Gasteiger partial charge is 0.114 e. The first kappa shape index (κ1) is 8.82. The van der Waals surface area contributed by atoms with Crippen molar-refractivity contribution in [3.05, 3.63) is 24.4 Å². The van der Waals surface area contributed by atoms with Gasteiger partial charge in [0, 0.05) is 12.4 Å². The van der Waals surface area contributed by atoms with E-state index in [-0.39, 0.29) is 0 Å². The maximum absolute atomic E-state index is 3.88. The minimum Gasteiger partial charge on any atom is -0.250 e. The molecule has 2 nitrogen and oxygen atoms in total. The standard InChI is InChI=1S/C8H12N2/c1-4-8(3)6-10-7-9-5-2/h4-7H,1H2,2-3H3/b8-6-,9-5?,10-7?.